The van der Waals surface area contributed by atoms with E-state index in [1.807, 2.05) is 0 Å². The second kappa shape index (κ2) is 13.1. The lowest BCUT2D eigenvalue weighted by atomic mass is 10.2. The van der Waals surface area contributed by atoms with Crippen molar-refractivity contribution in [2.45, 2.75) is 58.3 Å². The van der Waals surface area contributed by atoms with Gasteiger partial charge in [0.1, 0.15) is 0 Å². The van der Waals surface area contributed by atoms with Crippen LogP contribution in [0.4, 0.5) is 0 Å². The smallest absolute Gasteiger partial charge is 0.378 e. The van der Waals surface area contributed by atoms with Crippen LogP contribution < -0.4 is 0 Å². The minimum Gasteiger partial charge on any atom is -0.466 e. The van der Waals surface area contributed by atoms with Crippen molar-refractivity contribution in [1.29, 1.82) is 0 Å². The molecule has 0 aliphatic rings. The van der Waals surface area contributed by atoms with Gasteiger partial charge in [0.15, 0.2) is 0 Å². The molecule has 0 atom stereocenters. The van der Waals surface area contributed by atoms with Gasteiger partial charge in [0.05, 0.1) is 13.0 Å². The molecule has 0 rings (SSSR count). The van der Waals surface area contributed by atoms with Crippen LogP contribution in [0.3, 0.4) is 0 Å². The van der Waals surface area contributed by atoms with E-state index in [0.717, 1.165) is 31.8 Å². The lowest BCUT2D eigenvalue weighted by Gasteiger charge is -2.04. The molecule has 0 spiro atoms. The normalized spacial score (nSPS) is 9.76. The first kappa shape index (κ1) is 19.1. The van der Waals surface area contributed by atoms with Gasteiger partial charge in [-0.3, -0.25) is 4.79 Å². The van der Waals surface area contributed by atoms with Crippen LogP contribution in [-0.4, -0.2) is 24.5 Å². The Morgan fingerprint density at radius 2 is 1.57 bits per heavy atom. The van der Waals surface area contributed by atoms with E-state index in [9.17, 15) is 14.4 Å². The maximum absolute atomic E-state index is 11.3. The van der Waals surface area contributed by atoms with Crippen molar-refractivity contribution < 1.29 is 28.9 Å². The van der Waals surface area contributed by atoms with Gasteiger partial charge in [-0.05, 0) is 25.7 Å². The summed E-state index contributed by atoms with van der Waals surface area (Å²) in [6.45, 7) is 5.61. The third-order valence-corrected chi connectivity index (χ3v) is 2.66. The van der Waals surface area contributed by atoms with Crippen molar-refractivity contribution in [2.24, 2.45) is 0 Å². The molecule has 6 nitrogen and oxygen atoms in total. The largest absolute Gasteiger partial charge is 0.466 e. The Kier molecular flexibility index (Phi) is 12.0. The van der Waals surface area contributed by atoms with E-state index in [1.54, 1.807) is 0 Å². The lowest BCUT2D eigenvalue weighted by molar-refractivity contribution is -0.254. The number of rotatable bonds is 11. The van der Waals surface area contributed by atoms with E-state index in [0.29, 0.717) is 25.9 Å². The molecule has 120 valence electrons. The molecule has 0 aromatic heterocycles. The molecule has 0 aromatic rings. The number of ether oxygens (including phenoxy) is 1. The minimum absolute atomic E-state index is 0.148. The Morgan fingerprint density at radius 1 is 0.905 bits per heavy atom. The fourth-order valence-electron chi connectivity index (χ4n) is 1.49. The van der Waals surface area contributed by atoms with Crippen LogP contribution in [-0.2, 0) is 28.9 Å². The predicted molar refractivity (Wildman–Crippen MR) is 76.0 cm³/mol. The Labute approximate surface area is 125 Å². The first-order valence-electron chi connectivity index (χ1n) is 7.29. The number of hydrogen-bond donors (Lipinski definition) is 0. The molecular weight excluding hydrogens is 276 g/mol. The maximum Gasteiger partial charge on any atom is 0.378 e. The molecule has 0 aliphatic heterocycles. The Bertz CT molecular complexity index is 337. The van der Waals surface area contributed by atoms with Crippen molar-refractivity contribution >= 4 is 17.9 Å². The van der Waals surface area contributed by atoms with E-state index < -0.39 is 11.9 Å². The summed E-state index contributed by atoms with van der Waals surface area (Å²) in [7, 11) is 0. The number of unbranched alkanes of at least 4 members (excludes halogenated alkanes) is 4. The molecule has 0 unspecified atom stereocenters. The monoisotopic (exact) mass is 300 g/mol. The molecular formula is C15H24O6. The van der Waals surface area contributed by atoms with Crippen molar-refractivity contribution in [3.63, 3.8) is 0 Å². The van der Waals surface area contributed by atoms with Gasteiger partial charge in [0, 0.05) is 12.5 Å². The first-order chi connectivity index (χ1) is 10.1. The molecule has 0 saturated heterocycles. The van der Waals surface area contributed by atoms with Crippen molar-refractivity contribution in [3.8, 4) is 0 Å². The third-order valence-electron chi connectivity index (χ3n) is 2.66. The van der Waals surface area contributed by atoms with Crippen molar-refractivity contribution in [2.75, 3.05) is 6.61 Å². The van der Waals surface area contributed by atoms with E-state index in [2.05, 4.69) is 23.3 Å². The first-order valence-corrected chi connectivity index (χ1v) is 7.29. The van der Waals surface area contributed by atoms with Gasteiger partial charge in [-0.25, -0.2) is 19.4 Å². The highest BCUT2D eigenvalue weighted by Crippen LogP contribution is 2.04. The van der Waals surface area contributed by atoms with Gasteiger partial charge < -0.3 is 4.74 Å². The Balaban J connectivity index is 3.39. The molecule has 0 radical (unpaired) electrons. The maximum atomic E-state index is 11.3. The van der Waals surface area contributed by atoms with Crippen LogP contribution in [0.2, 0.25) is 0 Å². The molecule has 0 N–H and O–H groups in total. The van der Waals surface area contributed by atoms with Gasteiger partial charge in [0.2, 0.25) is 0 Å². The van der Waals surface area contributed by atoms with Gasteiger partial charge in [-0.15, -0.1) is 0 Å². The standard InChI is InChI=1S/C15H24O6/c1-3-5-7-10-14(17)19-12-9-6-8-11-15(18)21-20-13(16)4-2/h4H,2-3,5-12H2,1H3. The zero-order valence-electron chi connectivity index (χ0n) is 12.6. The van der Waals surface area contributed by atoms with Crippen molar-refractivity contribution in [1.82, 2.24) is 0 Å². The summed E-state index contributed by atoms with van der Waals surface area (Å²) >= 11 is 0. The van der Waals surface area contributed by atoms with Gasteiger partial charge in [-0.1, -0.05) is 26.3 Å². The highest BCUT2D eigenvalue weighted by Gasteiger charge is 2.07. The lowest BCUT2D eigenvalue weighted by Crippen LogP contribution is -2.09. The third kappa shape index (κ3) is 12.9. The topological polar surface area (TPSA) is 78.9 Å². The van der Waals surface area contributed by atoms with Crippen LogP contribution in [0, 0.1) is 0 Å². The highest BCUT2D eigenvalue weighted by atomic mass is 17.2. The highest BCUT2D eigenvalue weighted by molar-refractivity contribution is 5.81. The summed E-state index contributed by atoms with van der Waals surface area (Å²) < 4.78 is 5.05. The Hall–Kier alpha value is -1.85. The predicted octanol–water partition coefficient (Wildman–Crippen LogP) is 2.86. The molecule has 0 saturated carbocycles. The molecule has 0 aliphatic carbocycles. The number of esters is 1. The van der Waals surface area contributed by atoms with E-state index in [-0.39, 0.29) is 12.4 Å². The van der Waals surface area contributed by atoms with Gasteiger partial charge in [0.25, 0.3) is 0 Å². The molecule has 6 heteroatoms. The van der Waals surface area contributed by atoms with Crippen LogP contribution >= 0.6 is 0 Å². The second-order valence-electron chi connectivity index (χ2n) is 4.55. The van der Waals surface area contributed by atoms with Crippen LogP contribution in [0.1, 0.15) is 58.3 Å². The quantitative estimate of drug-likeness (QED) is 0.192. The summed E-state index contributed by atoms with van der Waals surface area (Å²) in [4.78, 5) is 41.4. The summed E-state index contributed by atoms with van der Waals surface area (Å²) in [6, 6.07) is 0. The summed E-state index contributed by atoms with van der Waals surface area (Å²) in [5.74, 6) is -1.58. The molecule has 0 bridgehead atoms. The van der Waals surface area contributed by atoms with Crippen LogP contribution in [0.5, 0.6) is 0 Å². The van der Waals surface area contributed by atoms with E-state index in [1.165, 1.54) is 0 Å². The molecule has 0 aromatic carbocycles. The average molecular weight is 300 g/mol. The van der Waals surface area contributed by atoms with Crippen molar-refractivity contribution in [3.05, 3.63) is 12.7 Å². The zero-order chi connectivity index (χ0) is 15.9. The zero-order valence-corrected chi connectivity index (χ0v) is 12.6. The Morgan fingerprint density at radius 3 is 2.24 bits per heavy atom. The van der Waals surface area contributed by atoms with Gasteiger partial charge >= 0.3 is 17.9 Å². The minimum atomic E-state index is -0.807. The average Bonchev–Trinajstić information content (AvgIpc) is 2.48. The molecule has 0 heterocycles. The number of hydrogen-bond acceptors (Lipinski definition) is 6. The van der Waals surface area contributed by atoms with Gasteiger partial charge in [-0.2, -0.15) is 0 Å². The fourth-order valence-corrected chi connectivity index (χ4v) is 1.49. The summed E-state index contributed by atoms with van der Waals surface area (Å²) in [5.41, 5.74) is 0. The molecule has 21 heavy (non-hydrogen) atoms. The number of carbonyl (C=O) groups is 3. The van der Waals surface area contributed by atoms with Crippen LogP contribution in [0.25, 0.3) is 0 Å². The molecule has 0 fully saturated rings. The van der Waals surface area contributed by atoms with E-state index >= 15 is 0 Å². The SMILES string of the molecule is C=CC(=O)OOC(=O)CCCCCOC(=O)CCCCC. The number of carbonyl (C=O) groups excluding carboxylic acids is 3. The second-order valence-corrected chi connectivity index (χ2v) is 4.55. The summed E-state index contributed by atoms with van der Waals surface area (Å²) in [6.07, 6.45) is 6.50. The fraction of sp³-hybridized carbons (Fsp3) is 0.667. The summed E-state index contributed by atoms with van der Waals surface area (Å²) in [5, 5.41) is 0. The van der Waals surface area contributed by atoms with E-state index in [4.69, 9.17) is 4.74 Å². The van der Waals surface area contributed by atoms with Crippen LogP contribution in [0.15, 0.2) is 12.7 Å². The molecule has 0 amide bonds.